The number of rotatable bonds is 3. The van der Waals surface area contributed by atoms with Crippen LogP contribution in [-0.4, -0.2) is 25.3 Å². The first kappa shape index (κ1) is 10.9. The van der Waals surface area contributed by atoms with Crippen LogP contribution in [0.25, 0.3) is 0 Å². The fourth-order valence-electron chi connectivity index (χ4n) is 1.34. The highest BCUT2D eigenvalue weighted by Crippen LogP contribution is 2.39. The quantitative estimate of drug-likeness (QED) is 0.506. The molecule has 1 saturated heterocycles. The molecule has 0 N–H and O–H groups in total. The molecule has 3 heteroatoms. The molecule has 1 rings (SSSR count). The van der Waals surface area contributed by atoms with Gasteiger partial charge in [-0.3, -0.25) is 0 Å². The van der Waals surface area contributed by atoms with E-state index in [1.165, 1.54) is 0 Å². The van der Waals surface area contributed by atoms with Crippen molar-refractivity contribution in [1.82, 2.24) is 4.31 Å². The van der Waals surface area contributed by atoms with Gasteiger partial charge in [-0.25, -0.2) is 8.51 Å². The summed E-state index contributed by atoms with van der Waals surface area (Å²) in [5.74, 6) is 0. The first-order chi connectivity index (χ1) is 5.81. The van der Waals surface area contributed by atoms with Gasteiger partial charge < -0.3 is 0 Å². The molecule has 0 aromatic rings. The molecule has 0 amide bonds. The molecule has 0 aromatic carbocycles. The van der Waals surface area contributed by atoms with Gasteiger partial charge in [-0.05, 0) is 34.1 Å². The second-order valence-electron chi connectivity index (χ2n) is 4.89. The van der Waals surface area contributed by atoms with Crippen molar-refractivity contribution in [2.75, 3.05) is 6.54 Å². The Kier molecular flexibility index (Phi) is 2.70. The maximum Gasteiger partial charge on any atom is 0.100 e. The molecule has 1 fully saturated rings. The predicted molar refractivity (Wildman–Crippen MR) is 57.8 cm³/mol. The van der Waals surface area contributed by atoms with E-state index in [0.29, 0.717) is 0 Å². The van der Waals surface area contributed by atoms with Crippen molar-refractivity contribution in [2.24, 2.45) is 0 Å². The van der Waals surface area contributed by atoms with E-state index in [1.807, 2.05) is 26.8 Å². The van der Waals surface area contributed by atoms with Crippen LogP contribution in [0.1, 0.15) is 34.1 Å². The van der Waals surface area contributed by atoms with Crippen LogP contribution >= 0.6 is 0 Å². The van der Waals surface area contributed by atoms with Gasteiger partial charge in [-0.15, -0.1) is 6.58 Å². The van der Waals surface area contributed by atoms with Crippen LogP contribution in [0.4, 0.5) is 0 Å². The summed E-state index contributed by atoms with van der Waals surface area (Å²) in [4.78, 5) is 0. The largest absolute Gasteiger partial charge is 0.242 e. The molecule has 0 spiro atoms. The van der Waals surface area contributed by atoms with E-state index in [2.05, 4.69) is 17.8 Å². The van der Waals surface area contributed by atoms with Crippen molar-refractivity contribution in [3.63, 3.8) is 0 Å². The molecular weight excluding hydrogens is 182 g/mol. The Balaban J connectivity index is 2.60. The van der Waals surface area contributed by atoms with Gasteiger partial charge in [0.05, 0.1) is 4.75 Å². The zero-order valence-corrected chi connectivity index (χ0v) is 9.78. The van der Waals surface area contributed by atoms with Crippen molar-refractivity contribution in [2.45, 2.75) is 44.4 Å². The normalized spacial score (nSPS) is 35.5. The van der Waals surface area contributed by atoms with Crippen LogP contribution in [0, 0.1) is 0 Å². The summed E-state index contributed by atoms with van der Waals surface area (Å²) in [6.07, 6.45) is 2.83. The van der Waals surface area contributed by atoms with Crippen LogP contribution in [0.2, 0.25) is 0 Å². The molecule has 0 bridgehead atoms. The molecule has 0 aliphatic carbocycles. The van der Waals surface area contributed by atoms with Crippen LogP contribution in [0.15, 0.2) is 12.7 Å². The highest BCUT2D eigenvalue weighted by Gasteiger charge is 2.52. The van der Waals surface area contributed by atoms with E-state index in [9.17, 15) is 4.21 Å². The Morgan fingerprint density at radius 3 is 2.54 bits per heavy atom. The van der Waals surface area contributed by atoms with Gasteiger partial charge in [0, 0.05) is 12.1 Å². The molecule has 1 unspecified atom stereocenters. The van der Waals surface area contributed by atoms with Gasteiger partial charge in [-0.2, -0.15) is 0 Å². The predicted octanol–water partition coefficient (Wildman–Crippen LogP) is 2.10. The van der Waals surface area contributed by atoms with Gasteiger partial charge >= 0.3 is 0 Å². The number of hydrogen-bond donors (Lipinski definition) is 0. The van der Waals surface area contributed by atoms with Crippen molar-refractivity contribution in [3.05, 3.63) is 12.7 Å². The van der Waals surface area contributed by atoms with E-state index < -0.39 is 11.0 Å². The van der Waals surface area contributed by atoms with Crippen molar-refractivity contribution >= 4 is 11.0 Å². The minimum Gasteiger partial charge on any atom is -0.242 e. The molecule has 0 aromatic heterocycles. The Morgan fingerprint density at radius 1 is 1.62 bits per heavy atom. The Labute approximate surface area is 83.6 Å². The molecule has 1 heterocycles. The smallest absolute Gasteiger partial charge is 0.100 e. The third kappa shape index (κ3) is 2.20. The molecule has 0 radical (unpaired) electrons. The summed E-state index contributed by atoms with van der Waals surface area (Å²) < 4.78 is 13.8. The van der Waals surface area contributed by atoms with E-state index in [4.69, 9.17) is 0 Å². The maximum atomic E-state index is 11.9. The number of hydrogen-bond acceptors (Lipinski definition) is 1. The Bertz CT molecular complexity index is 244. The fourth-order valence-corrected chi connectivity index (χ4v) is 2.87. The second kappa shape index (κ2) is 3.21. The Hall–Kier alpha value is -0.150. The molecule has 2 nitrogen and oxygen atoms in total. The van der Waals surface area contributed by atoms with Crippen molar-refractivity contribution in [1.29, 1.82) is 0 Å². The molecule has 1 aliphatic rings. The summed E-state index contributed by atoms with van der Waals surface area (Å²) in [5, 5.41) is 0. The Morgan fingerprint density at radius 2 is 2.15 bits per heavy atom. The van der Waals surface area contributed by atoms with Crippen LogP contribution in [0.3, 0.4) is 0 Å². The average Bonchev–Trinajstić information content (AvgIpc) is 2.59. The fraction of sp³-hybridized carbons (Fsp3) is 0.800. The van der Waals surface area contributed by atoms with Gasteiger partial charge in [0.1, 0.15) is 11.0 Å². The monoisotopic (exact) mass is 201 g/mol. The third-order valence-corrected chi connectivity index (χ3v) is 4.31. The highest BCUT2D eigenvalue weighted by molar-refractivity contribution is 7.84. The van der Waals surface area contributed by atoms with Crippen molar-refractivity contribution < 1.29 is 4.21 Å². The first-order valence-electron chi connectivity index (χ1n) is 4.62. The molecule has 76 valence electrons. The molecule has 0 saturated carbocycles. The second-order valence-corrected chi connectivity index (χ2v) is 7.05. The first-order valence-corrected chi connectivity index (χ1v) is 5.72. The minimum absolute atomic E-state index is 0.111. The summed E-state index contributed by atoms with van der Waals surface area (Å²) in [5.41, 5.74) is 0.111. The highest BCUT2D eigenvalue weighted by atomic mass is 32.2. The summed E-state index contributed by atoms with van der Waals surface area (Å²) in [6.45, 7) is 12.8. The van der Waals surface area contributed by atoms with E-state index in [1.54, 1.807) is 0 Å². The molecule has 1 aliphatic heterocycles. The lowest BCUT2D eigenvalue weighted by Gasteiger charge is -2.20. The lowest BCUT2D eigenvalue weighted by Crippen LogP contribution is -2.30. The summed E-state index contributed by atoms with van der Waals surface area (Å²) in [7, 11) is -0.863. The van der Waals surface area contributed by atoms with Crippen molar-refractivity contribution in [3.8, 4) is 0 Å². The third-order valence-electron chi connectivity index (χ3n) is 2.29. The standard InChI is InChI=1S/C10H19NOS/c1-6-7-10(5)8-11(10)13(12)9(2,3)4/h6H,1,7-8H2,2-5H3/t10-,11?,13-/m1/s1. The molecule has 13 heavy (non-hydrogen) atoms. The van der Waals surface area contributed by atoms with Gasteiger partial charge in [-0.1, -0.05) is 6.08 Å². The van der Waals surface area contributed by atoms with E-state index in [0.717, 1.165) is 13.0 Å². The minimum atomic E-state index is -0.863. The average molecular weight is 201 g/mol. The van der Waals surface area contributed by atoms with E-state index >= 15 is 0 Å². The van der Waals surface area contributed by atoms with E-state index in [-0.39, 0.29) is 10.3 Å². The summed E-state index contributed by atoms with van der Waals surface area (Å²) >= 11 is 0. The zero-order chi connectivity index (χ0) is 10.3. The summed E-state index contributed by atoms with van der Waals surface area (Å²) in [6, 6.07) is 0. The maximum absolute atomic E-state index is 11.9. The molecule has 3 atom stereocenters. The van der Waals surface area contributed by atoms with Crippen LogP contribution < -0.4 is 0 Å². The molecular formula is C10H19NOS. The lowest BCUT2D eigenvalue weighted by atomic mass is 10.1. The topological polar surface area (TPSA) is 20.1 Å². The number of nitrogens with zero attached hydrogens (tertiary/aromatic N) is 1. The lowest BCUT2D eigenvalue weighted by molar-refractivity contribution is 0.552. The zero-order valence-electron chi connectivity index (χ0n) is 8.96. The van der Waals surface area contributed by atoms with Gasteiger partial charge in [0.25, 0.3) is 0 Å². The van der Waals surface area contributed by atoms with Crippen LogP contribution in [0.5, 0.6) is 0 Å². The van der Waals surface area contributed by atoms with Gasteiger partial charge in [0.2, 0.25) is 0 Å². The van der Waals surface area contributed by atoms with Gasteiger partial charge in [0.15, 0.2) is 0 Å². The SMILES string of the molecule is C=CC[C@]1(C)CN1[S@](=O)C(C)(C)C. The van der Waals surface area contributed by atoms with Crippen LogP contribution in [-0.2, 0) is 11.0 Å².